The van der Waals surface area contributed by atoms with E-state index in [9.17, 15) is 9.59 Å². The molecule has 0 amide bonds. The van der Waals surface area contributed by atoms with Crippen LogP contribution in [0.1, 0.15) is 37.3 Å². The third kappa shape index (κ3) is 3.33. The van der Waals surface area contributed by atoms with Gasteiger partial charge in [-0.2, -0.15) is 0 Å². The Kier molecular flexibility index (Phi) is 4.70. The van der Waals surface area contributed by atoms with Crippen LogP contribution in [0.5, 0.6) is 0 Å². The van der Waals surface area contributed by atoms with Gasteiger partial charge in [-0.3, -0.25) is 4.79 Å². The molecule has 0 aliphatic heterocycles. The Morgan fingerprint density at radius 2 is 1.48 bits per heavy atom. The highest BCUT2D eigenvalue weighted by molar-refractivity contribution is 5.93. The average molecular weight is 336 g/mol. The fraction of sp³-hybridized carbons (Fsp3) is 0.238. The Balaban J connectivity index is 1.77. The summed E-state index contributed by atoms with van der Waals surface area (Å²) in [7, 11) is 0. The predicted octanol–water partition coefficient (Wildman–Crippen LogP) is 4.15. The number of esters is 1. The highest BCUT2D eigenvalue weighted by Gasteiger charge is 2.29. The Morgan fingerprint density at radius 3 is 1.96 bits per heavy atom. The van der Waals surface area contributed by atoms with E-state index in [1.165, 1.54) is 0 Å². The van der Waals surface area contributed by atoms with E-state index in [0.717, 1.165) is 22.3 Å². The predicted molar refractivity (Wildman–Crippen MR) is 95.3 cm³/mol. The molecule has 0 aromatic heterocycles. The molecular weight excluding hydrogens is 316 g/mol. The van der Waals surface area contributed by atoms with Gasteiger partial charge in [0.05, 0.1) is 6.42 Å². The van der Waals surface area contributed by atoms with Gasteiger partial charge in [0.25, 0.3) is 0 Å². The molecule has 2 aromatic carbocycles. The standard InChI is InChI=1S/C21H20O4/c1-13(2)18(21(23)24)11-20(22)25-12-19-16-9-5-3-7-14(16)15-8-4-6-10-17(15)19/h3-10,19H,11-12H2,1-2H3,(H,23,24). The van der Waals surface area contributed by atoms with Crippen LogP contribution in [0.25, 0.3) is 11.1 Å². The minimum absolute atomic E-state index is 0.0173. The molecule has 3 rings (SSSR count). The summed E-state index contributed by atoms with van der Waals surface area (Å²) in [6, 6.07) is 16.2. The van der Waals surface area contributed by atoms with E-state index in [1.54, 1.807) is 13.8 Å². The molecule has 1 aliphatic carbocycles. The van der Waals surface area contributed by atoms with Crippen molar-refractivity contribution in [3.63, 3.8) is 0 Å². The Hall–Kier alpha value is -2.88. The van der Waals surface area contributed by atoms with Crippen LogP contribution in [0.3, 0.4) is 0 Å². The molecule has 128 valence electrons. The molecule has 2 aromatic rings. The van der Waals surface area contributed by atoms with E-state index in [2.05, 4.69) is 12.1 Å². The number of carboxylic acids is 1. The zero-order chi connectivity index (χ0) is 18.0. The highest BCUT2D eigenvalue weighted by atomic mass is 16.5. The summed E-state index contributed by atoms with van der Waals surface area (Å²) in [5.74, 6) is -1.61. The molecule has 0 saturated carbocycles. The van der Waals surface area contributed by atoms with Crippen LogP contribution >= 0.6 is 0 Å². The van der Waals surface area contributed by atoms with Gasteiger partial charge < -0.3 is 9.84 Å². The van der Waals surface area contributed by atoms with Crippen molar-refractivity contribution in [3.8, 4) is 11.1 Å². The van der Waals surface area contributed by atoms with E-state index < -0.39 is 11.9 Å². The number of rotatable bonds is 5. The van der Waals surface area contributed by atoms with Crippen LogP contribution in [0.2, 0.25) is 0 Å². The second-order valence-electron chi connectivity index (χ2n) is 6.37. The number of benzene rings is 2. The van der Waals surface area contributed by atoms with Crippen molar-refractivity contribution in [2.75, 3.05) is 6.61 Å². The summed E-state index contributed by atoms with van der Waals surface area (Å²) in [4.78, 5) is 23.3. The smallest absolute Gasteiger partial charge is 0.332 e. The SMILES string of the molecule is CC(C)=C(CC(=O)OCC1c2ccccc2-c2ccccc21)C(=O)O. The van der Waals surface area contributed by atoms with E-state index in [0.29, 0.717) is 5.57 Å². The Labute approximate surface area is 146 Å². The lowest BCUT2D eigenvalue weighted by Gasteiger charge is -2.14. The van der Waals surface area contributed by atoms with Gasteiger partial charge in [0.2, 0.25) is 0 Å². The fourth-order valence-corrected chi connectivity index (χ4v) is 3.28. The van der Waals surface area contributed by atoms with Gasteiger partial charge in [0, 0.05) is 11.5 Å². The number of fused-ring (bicyclic) bond motifs is 3. The van der Waals surface area contributed by atoms with Crippen molar-refractivity contribution in [1.82, 2.24) is 0 Å². The van der Waals surface area contributed by atoms with Gasteiger partial charge in [-0.05, 0) is 36.1 Å². The third-order valence-electron chi connectivity index (χ3n) is 4.56. The number of aliphatic carboxylic acids is 1. The van der Waals surface area contributed by atoms with Gasteiger partial charge in [-0.1, -0.05) is 54.1 Å². The van der Waals surface area contributed by atoms with Gasteiger partial charge in [-0.15, -0.1) is 0 Å². The lowest BCUT2D eigenvalue weighted by Crippen LogP contribution is -2.15. The molecule has 0 unspecified atom stereocenters. The number of ether oxygens (including phenoxy) is 1. The lowest BCUT2D eigenvalue weighted by molar-refractivity contribution is -0.145. The lowest BCUT2D eigenvalue weighted by atomic mass is 9.98. The second-order valence-corrected chi connectivity index (χ2v) is 6.37. The summed E-state index contributed by atoms with van der Waals surface area (Å²) in [6.45, 7) is 3.57. The average Bonchev–Trinajstić information content (AvgIpc) is 2.91. The number of carbonyl (C=O) groups excluding carboxylic acids is 1. The Bertz CT molecular complexity index is 814. The van der Waals surface area contributed by atoms with Gasteiger partial charge in [0.1, 0.15) is 6.61 Å². The summed E-state index contributed by atoms with van der Waals surface area (Å²) in [6.07, 6.45) is -0.215. The summed E-state index contributed by atoms with van der Waals surface area (Å²) in [5, 5.41) is 9.17. The fourth-order valence-electron chi connectivity index (χ4n) is 3.28. The minimum Gasteiger partial charge on any atom is -0.478 e. The highest BCUT2D eigenvalue weighted by Crippen LogP contribution is 2.44. The first-order chi connectivity index (χ1) is 12.0. The van der Waals surface area contributed by atoms with Crippen LogP contribution in [-0.2, 0) is 14.3 Å². The van der Waals surface area contributed by atoms with Crippen LogP contribution in [0.15, 0.2) is 59.7 Å². The van der Waals surface area contributed by atoms with Crippen LogP contribution in [0.4, 0.5) is 0 Å². The molecule has 4 nitrogen and oxygen atoms in total. The van der Waals surface area contributed by atoms with E-state index >= 15 is 0 Å². The molecule has 0 spiro atoms. The molecule has 0 radical (unpaired) electrons. The quantitative estimate of drug-likeness (QED) is 0.658. The molecule has 1 aliphatic rings. The molecule has 1 N–H and O–H groups in total. The first kappa shape index (κ1) is 17.0. The monoisotopic (exact) mass is 336 g/mol. The first-order valence-corrected chi connectivity index (χ1v) is 8.22. The number of hydrogen-bond donors (Lipinski definition) is 1. The van der Waals surface area contributed by atoms with Crippen molar-refractivity contribution in [1.29, 1.82) is 0 Å². The second kappa shape index (κ2) is 6.93. The molecule has 0 fully saturated rings. The largest absolute Gasteiger partial charge is 0.478 e. The van der Waals surface area contributed by atoms with Crippen molar-refractivity contribution >= 4 is 11.9 Å². The molecule has 0 bridgehead atoms. The number of carboxylic acid groups (broad SMARTS) is 1. The zero-order valence-corrected chi connectivity index (χ0v) is 14.3. The topological polar surface area (TPSA) is 63.6 Å². The van der Waals surface area contributed by atoms with E-state index in [-0.39, 0.29) is 24.5 Å². The molecule has 4 heteroatoms. The molecular formula is C21H20O4. The molecule has 0 heterocycles. The number of allylic oxidation sites excluding steroid dienone is 1. The van der Waals surface area contributed by atoms with E-state index in [1.807, 2.05) is 36.4 Å². The van der Waals surface area contributed by atoms with Crippen molar-refractivity contribution in [2.24, 2.45) is 0 Å². The minimum atomic E-state index is -1.08. The van der Waals surface area contributed by atoms with Crippen LogP contribution in [-0.4, -0.2) is 23.7 Å². The normalized spacial score (nSPS) is 12.2. The maximum absolute atomic E-state index is 12.1. The van der Waals surface area contributed by atoms with Gasteiger partial charge in [-0.25, -0.2) is 4.79 Å². The maximum Gasteiger partial charge on any atom is 0.332 e. The summed E-state index contributed by atoms with van der Waals surface area (Å²) >= 11 is 0. The van der Waals surface area contributed by atoms with Crippen LogP contribution < -0.4 is 0 Å². The maximum atomic E-state index is 12.1. The van der Waals surface area contributed by atoms with Gasteiger partial charge >= 0.3 is 11.9 Å². The summed E-state index contributed by atoms with van der Waals surface area (Å²) < 4.78 is 5.43. The van der Waals surface area contributed by atoms with Crippen molar-refractivity contribution < 1.29 is 19.4 Å². The van der Waals surface area contributed by atoms with Crippen LogP contribution in [0, 0.1) is 0 Å². The number of hydrogen-bond acceptors (Lipinski definition) is 3. The third-order valence-corrected chi connectivity index (χ3v) is 4.56. The zero-order valence-electron chi connectivity index (χ0n) is 14.3. The molecule has 25 heavy (non-hydrogen) atoms. The Morgan fingerprint density at radius 1 is 0.960 bits per heavy atom. The first-order valence-electron chi connectivity index (χ1n) is 8.22. The molecule has 0 atom stereocenters. The van der Waals surface area contributed by atoms with E-state index in [4.69, 9.17) is 9.84 Å². The summed E-state index contributed by atoms with van der Waals surface area (Å²) in [5.41, 5.74) is 5.30. The molecule has 0 saturated heterocycles. The van der Waals surface area contributed by atoms with Crippen molar-refractivity contribution in [3.05, 3.63) is 70.8 Å². The van der Waals surface area contributed by atoms with Gasteiger partial charge in [0.15, 0.2) is 0 Å². The number of carbonyl (C=O) groups is 2. The van der Waals surface area contributed by atoms with Crippen molar-refractivity contribution in [2.45, 2.75) is 26.2 Å².